The van der Waals surface area contributed by atoms with Gasteiger partial charge in [-0.25, -0.2) is 0 Å². The minimum absolute atomic E-state index is 0.244. The monoisotopic (exact) mass is 1130 g/mol. The van der Waals surface area contributed by atoms with Gasteiger partial charge in [0, 0.05) is 6.42 Å². The van der Waals surface area contributed by atoms with Gasteiger partial charge >= 0.3 is 0 Å². The van der Waals surface area contributed by atoms with Crippen LogP contribution in [-0.4, -0.2) is 140 Å². The van der Waals surface area contributed by atoms with Gasteiger partial charge in [0.05, 0.1) is 32.0 Å². The Hall–Kier alpha value is -2.83. The lowest BCUT2D eigenvalue weighted by molar-refractivity contribution is -0.359. The average molecular weight is 1130 g/mol. The molecule has 0 bridgehead atoms. The van der Waals surface area contributed by atoms with Crippen molar-refractivity contribution in [2.24, 2.45) is 0 Å². The van der Waals surface area contributed by atoms with Gasteiger partial charge in [0.1, 0.15) is 48.8 Å². The number of unbranched alkanes of at least 4 members (excludes halogenated alkanes) is 25. The molecule has 462 valence electrons. The molecule has 9 N–H and O–H groups in total. The largest absolute Gasteiger partial charge is 0.394 e. The highest BCUT2D eigenvalue weighted by Gasteiger charge is 2.51. The molecule has 0 aromatic rings. The lowest BCUT2D eigenvalue weighted by atomic mass is 9.97. The van der Waals surface area contributed by atoms with Crippen LogP contribution in [0.25, 0.3) is 0 Å². The van der Waals surface area contributed by atoms with Gasteiger partial charge in [0.2, 0.25) is 5.91 Å². The van der Waals surface area contributed by atoms with Crippen molar-refractivity contribution < 1.29 is 64.6 Å². The SMILES string of the molecule is CC/C=C\C/C=C\C/C=C\C/C=C\C/C=C\C/C=C\CCCCCCCCCCCCCCCCCCCCCCC(=O)NC(COC1OC(CO)C(OC2OC(CO)C(O)C(O)C2O)C(O)C1O)C(O)/C=C/CCCCCCC. The van der Waals surface area contributed by atoms with Crippen LogP contribution in [0.4, 0.5) is 0 Å². The summed E-state index contributed by atoms with van der Waals surface area (Å²) < 4.78 is 22.7. The summed E-state index contributed by atoms with van der Waals surface area (Å²) in [6.07, 6.45) is 52.7. The zero-order chi connectivity index (χ0) is 58.1. The van der Waals surface area contributed by atoms with Crippen molar-refractivity contribution in [3.63, 3.8) is 0 Å². The van der Waals surface area contributed by atoms with E-state index in [1.165, 1.54) is 116 Å². The third-order valence-electron chi connectivity index (χ3n) is 15.1. The number of carbonyl (C=O) groups is 1. The minimum atomic E-state index is -1.79. The predicted octanol–water partition coefficient (Wildman–Crippen LogP) is 11.7. The first-order valence-corrected chi connectivity index (χ1v) is 31.8. The summed E-state index contributed by atoms with van der Waals surface area (Å²) in [6.45, 7) is 2.61. The van der Waals surface area contributed by atoms with E-state index in [2.05, 4.69) is 92.1 Å². The number of aliphatic hydroxyl groups is 8. The Labute approximate surface area is 484 Å². The highest BCUT2D eigenvalue weighted by molar-refractivity contribution is 5.76. The Morgan fingerprint density at radius 3 is 1.32 bits per heavy atom. The van der Waals surface area contributed by atoms with Crippen molar-refractivity contribution in [1.82, 2.24) is 5.32 Å². The third-order valence-corrected chi connectivity index (χ3v) is 15.1. The van der Waals surface area contributed by atoms with Gasteiger partial charge in [0.25, 0.3) is 0 Å². The summed E-state index contributed by atoms with van der Waals surface area (Å²) in [6, 6.07) is -0.913. The highest BCUT2D eigenvalue weighted by Crippen LogP contribution is 2.30. The Morgan fingerprint density at radius 1 is 0.463 bits per heavy atom. The number of nitrogens with one attached hydrogen (secondary N) is 1. The molecule has 14 heteroatoms. The molecule has 12 unspecified atom stereocenters. The van der Waals surface area contributed by atoms with E-state index in [1.807, 2.05) is 6.08 Å². The number of aliphatic hydroxyl groups excluding tert-OH is 8. The van der Waals surface area contributed by atoms with Crippen LogP contribution < -0.4 is 5.32 Å². The van der Waals surface area contributed by atoms with Crippen molar-refractivity contribution >= 4 is 5.91 Å². The molecule has 0 aromatic carbocycles. The summed E-state index contributed by atoms with van der Waals surface area (Å²) in [5.74, 6) is -0.244. The molecule has 2 fully saturated rings. The first-order chi connectivity index (χ1) is 39.1. The van der Waals surface area contributed by atoms with Gasteiger partial charge in [0.15, 0.2) is 12.6 Å². The van der Waals surface area contributed by atoms with Gasteiger partial charge in [-0.15, -0.1) is 0 Å². The summed E-state index contributed by atoms with van der Waals surface area (Å²) in [5.41, 5.74) is 0. The van der Waals surface area contributed by atoms with Crippen LogP contribution in [-0.2, 0) is 23.7 Å². The molecule has 12 atom stereocenters. The number of hydrogen-bond donors (Lipinski definition) is 9. The molecular formula is C66H115NO13. The average Bonchev–Trinajstić information content (AvgIpc) is 3.48. The lowest BCUT2D eigenvalue weighted by Crippen LogP contribution is -2.65. The second kappa shape index (κ2) is 50.7. The van der Waals surface area contributed by atoms with E-state index in [9.17, 15) is 45.6 Å². The second-order valence-corrected chi connectivity index (χ2v) is 22.2. The molecule has 14 nitrogen and oxygen atoms in total. The van der Waals surface area contributed by atoms with Gasteiger partial charge < -0.3 is 65.1 Å². The molecule has 0 saturated carbocycles. The van der Waals surface area contributed by atoms with E-state index in [-0.39, 0.29) is 18.9 Å². The van der Waals surface area contributed by atoms with E-state index in [4.69, 9.17) is 18.9 Å². The Balaban J connectivity index is 1.51. The molecule has 0 radical (unpaired) electrons. The maximum atomic E-state index is 13.2. The molecule has 80 heavy (non-hydrogen) atoms. The minimum Gasteiger partial charge on any atom is -0.394 e. The quantitative estimate of drug-likeness (QED) is 0.0204. The van der Waals surface area contributed by atoms with Gasteiger partial charge in [-0.3, -0.25) is 4.79 Å². The predicted molar refractivity (Wildman–Crippen MR) is 323 cm³/mol. The number of carbonyl (C=O) groups excluding carboxylic acids is 1. The van der Waals surface area contributed by atoms with Crippen LogP contribution in [0.1, 0.15) is 232 Å². The fraction of sp³-hybridized carbons (Fsp3) is 0.773. The van der Waals surface area contributed by atoms with Crippen molar-refractivity contribution in [3.8, 4) is 0 Å². The van der Waals surface area contributed by atoms with Crippen molar-refractivity contribution in [2.45, 2.75) is 306 Å². The van der Waals surface area contributed by atoms with Crippen LogP contribution in [0.2, 0.25) is 0 Å². The first kappa shape index (κ1) is 73.3. The van der Waals surface area contributed by atoms with Gasteiger partial charge in [-0.05, 0) is 70.6 Å². The highest BCUT2D eigenvalue weighted by atomic mass is 16.7. The summed E-state index contributed by atoms with van der Waals surface area (Å²) in [7, 11) is 0. The number of amides is 1. The smallest absolute Gasteiger partial charge is 0.220 e. The fourth-order valence-corrected chi connectivity index (χ4v) is 10.0. The van der Waals surface area contributed by atoms with Gasteiger partial charge in [-0.1, -0.05) is 240 Å². The van der Waals surface area contributed by atoms with Crippen LogP contribution in [0.3, 0.4) is 0 Å². The third kappa shape index (κ3) is 35.3. The van der Waals surface area contributed by atoms with E-state index < -0.39 is 86.8 Å². The van der Waals surface area contributed by atoms with E-state index >= 15 is 0 Å². The molecule has 0 aromatic heterocycles. The Morgan fingerprint density at radius 2 is 0.863 bits per heavy atom. The molecule has 2 aliphatic heterocycles. The van der Waals surface area contributed by atoms with E-state index in [0.717, 1.165) is 89.9 Å². The molecule has 0 aliphatic carbocycles. The topological polar surface area (TPSA) is 228 Å². The van der Waals surface area contributed by atoms with Crippen molar-refractivity contribution in [1.29, 1.82) is 0 Å². The number of hydrogen-bond acceptors (Lipinski definition) is 13. The molecule has 2 aliphatic rings. The van der Waals surface area contributed by atoms with E-state index in [0.29, 0.717) is 6.42 Å². The maximum absolute atomic E-state index is 13.2. The molecule has 2 rings (SSSR count). The second-order valence-electron chi connectivity index (χ2n) is 22.2. The number of rotatable bonds is 50. The maximum Gasteiger partial charge on any atom is 0.220 e. The van der Waals surface area contributed by atoms with Crippen LogP contribution in [0.15, 0.2) is 85.1 Å². The first-order valence-electron chi connectivity index (χ1n) is 31.8. The van der Waals surface area contributed by atoms with Crippen LogP contribution >= 0.6 is 0 Å². The van der Waals surface area contributed by atoms with Gasteiger partial charge in [-0.2, -0.15) is 0 Å². The van der Waals surface area contributed by atoms with E-state index in [1.54, 1.807) is 6.08 Å². The summed E-state index contributed by atoms with van der Waals surface area (Å²) >= 11 is 0. The van der Waals surface area contributed by atoms with Crippen molar-refractivity contribution in [2.75, 3.05) is 19.8 Å². The number of allylic oxidation sites excluding steroid dienone is 13. The Bertz CT molecular complexity index is 1660. The molecule has 1 amide bonds. The van der Waals surface area contributed by atoms with Crippen LogP contribution in [0, 0.1) is 0 Å². The van der Waals surface area contributed by atoms with Crippen LogP contribution in [0.5, 0.6) is 0 Å². The molecule has 2 heterocycles. The fourth-order valence-electron chi connectivity index (χ4n) is 10.0. The lowest BCUT2D eigenvalue weighted by Gasteiger charge is -2.46. The van der Waals surface area contributed by atoms with Crippen molar-refractivity contribution in [3.05, 3.63) is 85.1 Å². The normalized spacial score (nSPS) is 24.8. The molecule has 2 saturated heterocycles. The standard InChI is InChI=1S/C66H115NO13/c1-3-5-7-9-11-12-13-14-15-16-17-18-19-20-21-22-23-24-25-26-27-28-29-30-31-32-33-34-35-36-37-38-39-40-41-42-44-46-48-50-58(71)67-54(55(70)49-47-45-43-10-8-6-4-2)53-77-65-63(76)61(74)64(57(52-69)79-65)80-66-62(75)60(73)59(72)56(51-68)78-66/h5,7,11-12,14-15,17-18,20-21,23-24,47,49,54-57,59-66,68-70,72-76H,3-4,6,8-10,13,16,19,22,25-46,48,50-53H2,1-2H3,(H,67,71)/b7-5-,12-11-,15-14-,18-17-,21-20-,24-23-,49-47+. The zero-order valence-corrected chi connectivity index (χ0v) is 49.8. The Kier molecular flexibility index (Phi) is 46.4. The summed E-state index contributed by atoms with van der Waals surface area (Å²) in [5, 5.41) is 86.7. The number of ether oxygens (including phenoxy) is 4. The zero-order valence-electron chi connectivity index (χ0n) is 49.8. The molecular weight excluding hydrogens is 1010 g/mol. The summed E-state index contributed by atoms with van der Waals surface area (Å²) in [4.78, 5) is 13.2. The molecule has 0 spiro atoms.